The number of aliphatic hydroxyl groups is 1. The van der Waals surface area contributed by atoms with Crippen LogP contribution < -0.4 is 5.32 Å². The summed E-state index contributed by atoms with van der Waals surface area (Å²) in [6.07, 6.45) is 0.872. The van der Waals surface area contributed by atoms with Gasteiger partial charge in [0.15, 0.2) is 0 Å². The number of piperidine rings is 1. The van der Waals surface area contributed by atoms with E-state index in [-0.39, 0.29) is 36.6 Å². The van der Waals surface area contributed by atoms with Gasteiger partial charge in [0.2, 0.25) is 5.91 Å². The molecule has 6 heteroatoms. The van der Waals surface area contributed by atoms with Crippen LogP contribution in [0, 0.1) is 17.7 Å². The van der Waals surface area contributed by atoms with Crippen molar-refractivity contribution in [2.24, 2.45) is 11.8 Å². The lowest BCUT2D eigenvalue weighted by atomic mass is 9.91. The molecule has 0 aliphatic carbocycles. The third-order valence-electron chi connectivity index (χ3n) is 4.52. The lowest BCUT2D eigenvalue weighted by Crippen LogP contribution is -2.46. The Morgan fingerprint density at radius 3 is 2.52 bits per heavy atom. The monoisotopic (exact) mass is 372 g/mol. The Balaban J connectivity index is 0.00000312. The van der Waals surface area contributed by atoms with E-state index in [1.165, 1.54) is 12.1 Å². The van der Waals surface area contributed by atoms with Crippen LogP contribution in [0.25, 0.3) is 0 Å². The summed E-state index contributed by atoms with van der Waals surface area (Å²) >= 11 is 0. The lowest BCUT2D eigenvalue weighted by molar-refractivity contribution is -0.138. The molecule has 1 amide bonds. The predicted octanol–water partition coefficient (Wildman–Crippen LogP) is 3.15. The Morgan fingerprint density at radius 2 is 1.96 bits per heavy atom. The summed E-state index contributed by atoms with van der Waals surface area (Å²) in [6, 6.07) is 6.16. The van der Waals surface area contributed by atoms with Gasteiger partial charge in [0.25, 0.3) is 0 Å². The molecule has 4 nitrogen and oxygen atoms in total. The molecule has 1 saturated heterocycles. The van der Waals surface area contributed by atoms with E-state index in [1.807, 2.05) is 0 Å². The molecule has 1 aromatic rings. The van der Waals surface area contributed by atoms with Crippen LogP contribution >= 0.6 is 12.4 Å². The highest BCUT2D eigenvalue weighted by Gasteiger charge is 2.30. The number of nitrogens with zero attached hydrogens (tertiary/aromatic N) is 1. The van der Waals surface area contributed by atoms with Crippen LogP contribution in [0.4, 0.5) is 4.39 Å². The Labute approximate surface area is 156 Å². The maximum absolute atomic E-state index is 13.0. The van der Waals surface area contributed by atoms with Crippen LogP contribution in [0.3, 0.4) is 0 Å². The van der Waals surface area contributed by atoms with Crippen molar-refractivity contribution in [2.75, 3.05) is 19.6 Å². The zero-order valence-electron chi connectivity index (χ0n) is 15.2. The Morgan fingerprint density at radius 1 is 1.32 bits per heavy atom. The molecule has 1 heterocycles. The molecule has 0 aromatic heterocycles. The first-order valence-corrected chi connectivity index (χ1v) is 8.82. The Bertz CT molecular complexity index is 539. The Kier molecular flexibility index (Phi) is 8.83. The minimum absolute atomic E-state index is 0. The number of rotatable bonds is 6. The van der Waals surface area contributed by atoms with Gasteiger partial charge in [0, 0.05) is 18.5 Å². The van der Waals surface area contributed by atoms with Gasteiger partial charge in [-0.1, -0.05) is 26.0 Å². The van der Waals surface area contributed by atoms with Crippen molar-refractivity contribution in [3.63, 3.8) is 0 Å². The number of amides is 1. The van der Waals surface area contributed by atoms with Crippen LogP contribution in [0.5, 0.6) is 0 Å². The van der Waals surface area contributed by atoms with Gasteiger partial charge in [-0.05, 0) is 49.9 Å². The van der Waals surface area contributed by atoms with Gasteiger partial charge in [-0.3, -0.25) is 4.79 Å². The molecule has 2 rings (SSSR count). The van der Waals surface area contributed by atoms with E-state index < -0.39 is 6.10 Å². The number of carbonyl (C=O) groups excluding carboxylic acids is 1. The van der Waals surface area contributed by atoms with E-state index >= 15 is 0 Å². The van der Waals surface area contributed by atoms with Gasteiger partial charge in [-0.2, -0.15) is 0 Å². The lowest BCUT2D eigenvalue weighted by Gasteiger charge is -2.34. The molecule has 142 valence electrons. The normalized spacial score (nSPS) is 21.5. The summed E-state index contributed by atoms with van der Waals surface area (Å²) in [7, 11) is 0. The molecule has 1 aromatic carbocycles. The highest BCUT2D eigenvalue weighted by Crippen LogP contribution is 2.22. The molecular weight excluding hydrogens is 343 g/mol. The van der Waals surface area contributed by atoms with Crippen molar-refractivity contribution in [2.45, 2.75) is 45.8 Å². The highest BCUT2D eigenvalue weighted by molar-refractivity contribution is 5.85. The van der Waals surface area contributed by atoms with Crippen molar-refractivity contribution in [1.29, 1.82) is 0 Å². The number of hydrogen-bond acceptors (Lipinski definition) is 3. The highest BCUT2D eigenvalue weighted by atomic mass is 35.5. The number of aliphatic hydroxyl groups excluding tert-OH is 1. The van der Waals surface area contributed by atoms with Gasteiger partial charge in [-0.15, -0.1) is 12.4 Å². The molecule has 0 bridgehead atoms. The Hall–Kier alpha value is -1.17. The molecule has 1 unspecified atom stereocenters. The zero-order valence-corrected chi connectivity index (χ0v) is 16.1. The predicted molar refractivity (Wildman–Crippen MR) is 100 cm³/mol. The van der Waals surface area contributed by atoms with Crippen molar-refractivity contribution >= 4 is 18.3 Å². The summed E-state index contributed by atoms with van der Waals surface area (Å²) in [5.41, 5.74) is 0.636. The van der Waals surface area contributed by atoms with E-state index in [1.54, 1.807) is 17.0 Å². The first-order chi connectivity index (χ1) is 11.4. The second kappa shape index (κ2) is 10.1. The van der Waals surface area contributed by atoms with Crippen LogP contribution in [-0.2, 0) is 4.79 Å². The topological polar surface area (TPSA) is 52.6 Å². The van der Waals surface area contributed by atoms with E-state index in [0.29, 0.717) is 24.1 Å². The number of benzene rings is 1. The summed E-state index contributed by atoms with van der Waals surface area (Å²) in [5.74, 6) is 0.136. The smallest absolute Gasteiger partial charge is 0.225 e. The third-order valence-corrected chi connectivity index (χ3v) is 4.52. The van der Waals surface area contributed by atoms with Gasteiger partial charge in [0.05, 0.1) is 12.6 Å². The SMILES string of the molecule is CC(C)CN(CC(O)c1ccc(F)cc1)C(=O)[C@H]1CCN[C@@H](C)C1.Cl. The van der Waals surface area contributed by atoms with E-state index in [2.05, 4.69) is 26.1 Å². The van der Waals surface area contributed by atoms with Gasteiger partial charge < -0.3 is 15.3 Å². The molecule has 0 saturated carbocycles. The molecule has 0 spiro atoms. The summed E-state index contributed by atoms with van der Waals surface area (Å²) in [6.45, 7) is 7.95. The molecule has 2 N–H and O–H groups in total. The van der Waals surface area contributed by atoms with Gasteiger partial charge in [-0.25, -0.2) is 4.39 Å². The van der Waals surface area contributed by atoms with Crippen molar-refractivity contribution in [3.05, 3.63) is 35.6 Å². The number of hydrogen-bond donors (Lipinski definition) is 2. The summed E-state index contributed by atoms with van der Waals surface area (Å²) in [4.78, 5) is 14.7. The number of carbonyl (C=O) groups is 1. The van der Waals surface area contributed by atoms with Crippen LogP contribution in [0.2, 0.25) is 0 Å². The average Bonchev–Trinajstić information content (AvgIpc) is 2.53. The van der Waals surface area contributed by atoms with Crippen molar-refractivity contribution < 1.29 is 14.3 Å². The molecule has 1 aliphatic heterocycles. The summed E-state index contributed by atoms with van der Waals surface area (Å²) < 4.78 is 13.0. The molecule has 0 radical (unpaired) electrons. The van der Waals surface area contributed by atoms with Gasteiger partial charge in [0.1, 0.15) is 5.82 Å². The van der Waals surface area contributed by atoms with Crippen molar-refractivity contribution in [3.8, 4) is 0 Å². The third kappa shape index (κ3) is 6.57. The minimum atomic E-state index is -0.799. The molecule has 25 heavy (non-hydrogen) atoms. The largest absolute Gasteiger partial charge is 0.387 e. The minimum Gasteiger partial charge on any atom is -0.387 e. The van der Waals surface area contributed by atoms with E-state index in [4.69, 9.17) is 0 Å². The second-order valence-corrected chi connectivity index (χ2v) is 7.28. The van der Waals surface area contributed by atoms with Crippen molar-refractivity contribution in [1.82, 2.24) is 10.2 Å². The zero-order chi connectivity index (χ0) is 17.7. The molecular formula is C19H30ClFN2O2. The quantitative estimate of drug-likeness (QED) is 0.806. The van der Waals surface area contributed by atoms with Gasteiger partial charge >= 0.3 is 0 Å². The standard InChI is InChI=1S/C19H29FN2O2.ClH/c1-13(2)11-22(19(24)16-8-9-21-14(3)10-16)12-18(23)15-4-6-17(20)7-5-15;/h4-7,13-14,16,18,21,23H,8-12H2,1-3H3;1H/t14-,16-,18?;/m0./s1. The average molecular weight is 373 g/mol. The fourth-order valence-electron chi connectivity index (χ4n) is 3.31. The number of nitrogens with one attached hydrogen (secondary N) is 1. The van der Waals surface area contributed by atoms with Crippen LogP contribution in [0.15, 0.2) is 24.3 Å². The summed E-state index contributed by atoms with van der Waals surface area (Å²) in [5, 5.41) is 13.8. The van der Waals surface area contributed by atoms with E-state index in [0.717, 1.165) is 19.4 Å². The fourth-order valence-corrected chi connectivity index (χ4v) is 3.31. The number of halogens is 2. The molecule has 1 aliphatic rings. The first kappa shape index (κ1) is 21.9. The first-order valence-electron chi connectivity index (χ1n) is 8.82. The maximum Gasteiger partial charge on any atom is 0.225 e. The van der Waals surface area contributed by atoms with E-state index in [9.17, 15) is 14.3 Å². The maximum atomic E-state index is 13.0. The fraction of sp³-hybridized carbons (Fsp3) is 0.632. The second-order valence-electron chi connectivity index (χ2n) is 7.28. The molecule has 3 atom stereocenters. The molecule has 1 fully saturated rings. The van der Waals surface area contributed by atoms with Crippen LogP contribution in [0.1, 0.15) is 45.3 Å². The van der Waals surface area contributed by atoms with Crippen LogP contribution in [-0.4, -0.2) is 41.6 Å².